The Balaban J connectivity index is 2.18. The Hall–Kier alpha value is -1.29. The number of methoxy groups -OCH3 is 1. The highest BCUT2D eigenvalue weighted by molar-refractivity contribution is 7.99. The summed E-state index contributed by atoms with van der Waals surface area (Å²) in [4.78, 5) is 23.3. The number of hydrogen-bond acceptors (Lipinski definition) is 4. The van der Waals surface area contributed by atoms with Crippen LogP contribution in [-0.4, -0.2) is 24.6 Å². The van der Waals surface area contributed by atoms with E-state index in [2.05, 4.69) is 23.8 Å². The van der Waals surface area contributed by atoms with Crippen molar-refractivity contribution in [3.63, 3.8) is 0 Å². The summed E-state index contributed by atoms with van der Waals surface area (Å²) >= 11 is 1.79. The molecule has 4 heteroatoms. The molecule has 0 bridgehead atoms. The lowest BCUT2D eigenvalue weighted by molar-refractivity contribution is -0.151. The fraction of sp³-hybridized carbons (Fsp3) is 0.429. The van der Waals surface area contributed by atoms with Gasteiger partial charge in [0, 0.05) is 11.3 Å². The van der Waals surface area contributed by atoms with E-state index in [1.165, 1.54) is 17.6 Å². The second kappa shape index (κ2) is 7.93. The molecule has 0 heterocycles. The van der Waals surface area contributed by atoms with Crippen molar-refractivity contribution in [3.05, 3.63) is 29.8 Å². The molecule has 0 aromatic heterocycles. The number of carbonyl (C=O) groups is 2. The SMILES string of the molecule is COC(=O)C(=O)CCCCSc1ccccc1C. The second-order valence-corrected chi connectivity index (χ2v) is 5.12. The van der Waals surface area contributed by atoms with Crippen molar-refractivity contribution in [2.24, 2.45) is 0 Å². The van der Waals surface area contributed by atoms with E-state index in [1.54, 1.807) is 11.8 Å². The summed E-state index contributed by atoms with van der Waals surface area (Å²) in [5.74, 6) is -0.209. The van der Waals surface area contributed by atoms with Crippen LogP contribution in [0, 0.1) is 6.92 Å². The van der Waals surface area contributed by atoms with Crippen molar-refractivity contribution in [1.82, 2.24) is 0 Å². The van der Waals surface area contributed by atoms with Gasteiger partial charge in [0.2, 0.25) is 5.78 Å². The topological polar surface area (TPSA) is 43.4 Å². The number of aryl methyl sites for hydroxylation is 1. The Labute approximate surface area is 112 Å². The molecule has 0 aliphatic rings. The van der Waals surface area contributed by atoms with Gasteiger partial charge in [-0.25, -0.2) is 4.79 Å². The van der Waals surface area contributed by atoms with Gasteiger partial charge in [0.05, 0.1) is 7.11 Å². The van der Waals surface area contributed by atoms with Gasteiger partial charge in [-0.05, 0) is 37.1 Å². The van der Waals surface area contributed by atoms with Crippen LogP contribution in [0.1, 0.15) is 24.8 Å². The van der Waals surface area contributed by atoms with Gasteiger partial charge >= 0.3 is 5.97 Å². The van der Waals surface area contributed by atoms with Crippen LogP contribution < -0.4 is 0 Å². The average molecular weight is 266 g/mol. The Kier molecular flexibility index (Phi) is 6.50. The van der Waals surface area contributed by atoms with Gasteiger partial charge in [-0.15, -0.1) is 11.8 Å². The molecule has 1 rings (SSSR count). The van der Waals surface area contributed by atoms with Crippen molar-refractivity contribution < 1.29 is 14.3 Å². The smallest absolute Gasteiger partial charge is 0.374 e. The summed E-state index contributed by atoms with van der Waals surface area (Å²) in [6.07, 6.45) is 1.93. The lowest BCUT2D eigenvalue weighted by Gasteiger charge is -2.04. The maximum absolute atomic E-state index is 11.2. The van der Waals surface area contributed by atoms with Crippen LogP contribution in [-0.2, 0) is 14.3 Å². The first-order valence-corrected chi connectivity index (χ1v) is 6.93. The molecule has 0 atom stereocenters. The quantitative estimate of drug-likeness (QED) is 0.329. The molecule has 0 aliphatic carbocycles. The first kappa shape index (κ1) is 14.8. The molecule has 0 amide bonds. The van der Waals surface area contributed by atoms with Crippen molar-refractivity contribution in [2.45, 2.75) is 31.1 Å². The highest BCUT2D eigenvalue weighted by atomic mass is 32.2. The number of unbranched alkanes of at least 4 members (excludes halogenated alkanes) is 1. The molecule has 98 valence electrons. The number of esters is 1. The van der Waals surface area contributed by atoms with E-state index < -0.39 is 11.8 Å². The van der Waals surface area contributed by atoms with Crippen LogP contribution in [0.25, 0.3) is 0 Å². The van der Waals surface area contributed by atoms with Crippen LogP contribution in [0.2, 0.25) is 0 Å². The van der Waals surface area contributed by atoms with E-state index in [-0.39, 0.29) is 6.42 Å². The number of benzene rings is 1. The zero-order chi connectivity index (χ0) is 13.4. The minimum atomic E-state index is -0.735. The largest absolute Gasteiger partial charge is 0.463 e. The van der Waals surface area contributed by atoms with Gasteiger partial charge in [-0.3, -0.25) is 4.79 Å². The Morgan fingerprint density at radius 2 is 1.94 bits per heavy atom. The molecule has 3 nitrogen and oxygen atoms in total. The van der Waals surface area contributed by atoms with Crippen molar-refractivity contribution >= 4 is 23.5 Å². The third kappa shape index (κ3) is 4.92. The van der Waals surface area contributed by atoms with E-state index in [9.17, 15) is 9.59 Å². The zero-order valence-corrected chi connectivity index (χ0v) is 11.6. The number of rotatable bonds is 7. The second-order valence-electron chi connectivity index (χ2n) is 3.99. The van der Waals surface area contributed by atoms with E-state index in [4.69, 9.17) is 0 Å². The molecule has 0 spiro atoms. The first-order chi connectivity index (χ1) is 8.65. The standard InChI is InChI=1S/C14H18O3S/c1-11-7-3-4-9-13(11)18-10-6-5-8-12(15)14(16)17-2/h3-4,7,9H,5-6,8,10H2,1-2H3. The number of thioether (sulfide) groups is 1. The number of carbonyl (C=O) groups excluding carboxylic acids is 2. The van der Waals surface area contributed by atoms with E-state index in [0.717, 1.165) is 18.6 Å². The van der Waals surface area contributed by atoms with Crippen molar-refractivity contribution in [1.29, 1.82) is 0 Å². The maximum Gasteiger partial charge on any atom is 0.374 e. The van der Waals surface area contributed by atoms with Crippen LogP contribution >= 0.6 is 11.8 Å². The predicted molar refractivity (Wildman–Crippen MR) is 72.8 cm³/mol. The number of Topliss-reactive ketones (excluding diaryl/α,β-unsaturated/α-hetero) is 1. The fourth-order valence-corrected chi connectivity index (χ4v) is 2.54. The van der Waals surface area contributed by atoms with E-state index in [1.807, 2.05) is 12.1 Å². The van der Waals surface area contributed by atoms with Crippen LogP contribution in [0.5, 0.6) is 0 Å². The first-order valence-electron chi connectivity index (χ1n) is 5.94. The highest BCUT2D eigenvalue weighted by Crippen LogP contribution is 2.22. The lowest BCUT2D eigenvalue weighted by Crippen LogP contribution is -2.14. The number of ketones is 1. The van der Waals surface area contributed by atoms with Crippen LogP contribution in [0.3, 0.4) is 0 Å². The maximum atomic E-state index is 11.2. The molecule has 0 N–H and O–H groups in total. The van der Waals surface area contributed by atoms with Gasteiger partial charge < -0.3 is 4.74 Å². The van der Waals surface area contributed by atoms with Crippen molar-refractivity contribution in [3.8, 4) is 0 Å². The molecule has 0 saturated carbocycles. The molecule has 0 radical (unpaired) electrons. The summed E-state index contributed by atoms with van der Waals surface area (Å²) in [6, 6.07) is 8.23. The number of hydrogen-bond donors (Lipinski definition) is 0. The summed E-state index contributed by atoms with van der Waals surface area (Å²) in [5, 5.41) is 0. The van der Waals surface area contributed by atoms with Gasteiger partial charge in [0.15, 0.2) is 0 Å². The molecular weight excluding hydrogens is 248 g/mol. The molecule has 0 aliphatic heterocycles. The Bertz CT molecular complexity index is 415. The third-order valence-electron chi connectivity index (χ3n) is 2.56. The fourth-order valence-electron chi connectivity index (χ4n) is 1.50. The molecule has 1 aromatic rings. The van der Waals surface area contributed by atoms with Gasteiger partial charge in [-0.1, -0.05) is 18.2 Å². The summed E-state index contributed by atoms with van der Waals surface area (Å²) < 4.78 is 4.36. The van der Waals surface area contributed by atoms with E-state index >= 15 is 0 Å². The molecule has 0 unspecified atom stereocenters. The van der Waals surface area contributed by atoms with Crippen LogP contribution in [0.15, 0.2) is 29.2 Å². The van der Waals surface area contributed by atoms with Gasteiger partial charge in [0.1, 0.15) is 0 Å². The number of ether oxygens (including phenoxy) is 1. The Morgan fingerprint density at radius 3 is 2.61 bits per heavy atom. The average Bonchev–Trinajstić information content (AvgIpc) is 2.39. The minimum absolute atomic E-state index is 0.279. The third-order valence-corrected chi connectivity index (χ3v) is 3.82. The summed E-state index contributed by atoms with van der Waals surface area (Å²) in [5.41, 5.74) is 1.27. The highest BCUT2D eigenvalue weighted by Gasteiger charge is 2.12. The molecule has 18 heavy (non-hydrogen) atoms. The monoisotopic (exact) mass is 266 g/mol. The van der Waals surface area contributed by atoms with E-state index in [0.29, 0.717) is 0 Å². The van der Waals surface area contributed by atoms with Gasteiger partial charge in [0.25, 0.3) is 0 Å². The predicted octanol–water partition coefficient (Wildman–Crippen LogP) is 3.00. The molecule has 0 fully saturated rings. The molecule has 1 aromatic carbocycles. The van der Waals surface area contributed by atoms with Crippen LogP contribution in [0.4, 0.5) is 0 Å². The molecular formula is C14H18O3S. The minimum Gasteiger partial charge on any atom is -0.463 e. The summed E-state index contributed by atoms with van der Waals surface area (Å²) in [6.45, 7) is 2.09. The van der Waals surface area contributed by atoms with Crippen molar-refractivity contribution in [2.75, 3.05) is 12.9 Å². The normalized spacial score (nSPS) is 10.1. The van der Waals surface area contributed by atoms with Gasteiger partial charge in [-0.2, -0.15) is 0 Å². The Morgan fingerprint density at radius 1 is 1.22 bits per heavy atom. The molecule has 0 saturated heterocycles. The lowest BCUT2D eigenvalue weighted by atomic mass is 10.2. The summed E-state index contributed by atoms with van der Waals surface area (Å²) in [7, 11) is 1.23. The zero-order valence-electron chi connectivity index (χ0n) is 10.8.